The summed E-state index contributed by atoms with van der Waals surface area (Å²) >= 11 is 0. The molecule has 0 bridgehead atoms. The lowest BCUT2D eigenvalue weighted by Gasteiger charge is -2.12. The van der Waals surface area contributed by atoms with E-state index in [2.05, 4.69) is 0 Å². The van der Waals surface area contributed by atoms with Crippen LogP contribution < -0.4 is 9.47 Å². The number of benzene rings is 3. The lowest BCUT2D eigenvalue weighted by atomic mass is 10.1. The number of hydrogen-bond acceptors (Lipinski definition) is 4. The third-order valence-electron chi connectivity index (χ3n) is 4.00. The summed E-state index contributed by atoms with van der Waals surface area (Å²) in [5.74, 6) is 0.167. The van der Waals surface area contributed by atoms with Gasteiger partial charge in [0, 0.05) is 12.1 Å². The number of phenols is 1. The van der Waals surface area contributed by atoms with E-state index in [4.69, 9.17) is 9.47 Å². The first-order valence-corrected chi connectivity index (χ1v) is 8.52. The summed E-state index contributed by atoms with van der Waals surface area (Å²) in [7, 11) is 1.45. The summed E-state index contributed by atoms with van der Waals surface area (Å²) in [5.41, 5.74) is 2.01. The number of carbonyl (C=O) groups is 1. The van der Waals surface area contributed by atoms with Crippen molar-refractivity contribution in [3.05, 3.63) is 95.6 Å². The maximum Gasteiger partial charge on any atom is 0.193 e. The van der Waals surface area contributed by atoms with Crippen molar-refractivity contribution in [1.29, 1.82) is 0 Å². The van der Waals surface area contributed by atoms with Crippen LogP contribution in [0.4, 0.5) is 0 Å². The second kappa shape index (κ2) is 8.72. The quantitative estimate of drug-likeness (QED) is 0.482. The molecule has 3 aromatic rings. The van der Waals surface area contributed by atoms with Crippen LogP contribution in [-0.2, 0) is 6.61 Å². The topological polar surface area (TPSA) is 55.8 Å². The van der Waals surface area contributed by atoms with Gasteiger partial charge in [-0.2, -0.15) is 0 Å². The maximum atomic E-state index is 12.5. The van der Waals surface area contributed by atoms with Gasteiger partial charge in [-0.15, -0.1) is 0 Å². The Labute approximate surface area is 158 Å². The molecule has 1 N–H and O–H groups in total. The largest absolute Gasteiger partial charge is 0.507 e. The average molecular weight is 360 g/mol. The molecule has 0 amide bonds. The summed E-state index contributed by atoms with van der Waals surface area (Å²) in [5, 5.41) is 10.4. The number of methoxy groups -OCH3 is 1. The Hall–Kier alpha value is -3.53. The highest BCUT2D eigenvalue weighted by Gasteiger charge is 2.17. The van der Waals surface area contributed by atoms with Gasteiger partial charge >= 0.3 is 0 Å². The molecule has 0 heterocycles. The van der Waals surface area contributed by atoms with Crippen molar-refractivity contribution in [3.63, 3.8) is 0 Å². The lowest BCUT2D eigenvalue weighted by Crippen LogP contribution is -2.02. The standard InChI is InChI=1S/C23H20O4/c1-26-22-15-19(27-16-18-10-6-3-7-11-18)14-21(25)23(22)20(24)13-12-17-8-4-2-5-9-17/h2-15,25H,16H2,1H3. The number of carbonyl (C=O) groups excluding carboxylic acids is 1. The lowest BCUT2D eigenvalue weighted by molar-refractivity contribution is 0.104. The van der Waals surface area contributed by atoms with E-state index in [0.29, 0.717) is 12.4 Å². The van der Waals surface area contributed by atoms with E-state index in [9.17, 15) is 9.90 Å². The maximum absolute atomic E-state index is 12.5. The number of aromatic hydroxyl groups is 1. The van der Waals surface area contributed by atoms with Crippen LogP contribution in [0.2, 0.25) is 0 Å². The van der Waals surface area contributed by atoms with Gasteiger partial charge in [-0.25, -0.2) is 0 Å². The van der Waals surface area contributed by atoms with Crippen molar-refractivity contribution < 1.29 is 19.4 Å². The van der Waals surface area contributed by atoms with E-state index in [1.807, 2.05) is 60.7 Å². The van der Waals surface area contributed by atoms with Gasteiger partial charge in [0.15, 0.2) is 5.78 Å². The first kappa shape index (κ1) is 18.3. The molecule has 136 valence electrons. The predicted molar refractivity (Wildman–Crippen MR) is 105 cm³/mol. The van der Waals surface area contributed by atoms with Gasteiger partial charge in [0.05, 0.1) is 7.11 Å². The van der Waals surface area contributed by atoms with Crippen LogP contribution in [0.25, 0.3) is 6.08 Å². The zero-order valence-electron chi connectivity index (χ0n) is 15.0. The molecule has 0 fully saturated rings. The summed E-state index contributed by atoms with van der Waals surface area (Å²) in [6.07, 6.45) is 3.11. The molecule has 0 aliphatic rings. The van der Waals surface area contributed by atoms with Gasteiger partial charge in [0.25, 0.3) is 0 Å². The van der Waals surface area contributed by atoms with Crippen LogP contribution in [0.5, 0.6) is 17.2 Å². The van der Waals surface area contributed by atoms with Crippen LogP contribution >= 0.6 is 0 Å². The fraction of sp³-hybridized carbons (Fsp3) is 0.0870. The Morgan fingerprint density at radius 1 is 1.00 bits per heavy atom. The third kappa shape index (κ3) is 4.76. The Morgan fingerprint density at radius 2 is 1.67 bits per heavy atom. The first-order chi connectivity index (χ1) is 13.2. The number of rotatable bonds is 7. The molecule has 0 atom stereocenters. The van der Waals surface area contributed by atoms with Gasteiger partial charge in [0.1, 0.15) is 29.4 Å². The number of allylic oxidation sites excluding steroid dienone is 1. The highest BCUT2D eigenvalue weighted by atomic mass is 16.5. The van der Waals surface area contributed by atoms with Gasteiger partial charge in [-0.05, 0) is 17.2 Å². The van der Waals surface area contributed by atoms with Crippen molar-refractivity contribution in [3.8, 4) is 17.2 Å². The van der Waals surface area contributed by atoms with Crippen LogP contribution in [0, 0.1) is 0 Å². The molecule has 4 heteroatoms. The van der Waals surface area contributed by atoms with E-state index >= 15 is 0 Å². The van der Waals surface area contributed by atoms with Gasteiger partial charge in [0.2, 0.25) is 0 Å². The fourth-order valence-corrected chi connectivity index (χ4v) is 2.63. The van der Waals surface area contributed by atoms with Gasteiger partial charge in [-0.1, -0.05) is 66.7 Å². The smallest absolute Gasteiger partial charge is 0.193 e. The fourth-order valence-electron chi connectivity index (χ4n) is 2.63. The predicted octanol–water partition coefficient (Wildman–Crippen LogP) is 4.88. The SMILES string of the molecule is COc1cc(OCc2ccccc2)cc(O)c1C(=O)C=Cc1ccccc1. The molecule has 0 radical (unpaired) electrons. The number of phenolic OH excluding ortho intramolecular Hbond substituents is 1. The molecule has 3 aromatic carbocycles. The monoisotopic (exact) mass is 360 g/mol. The molecular formula is C23H20O4. The third-order valence-corrected chi connectivity index (χ3v) is 4.00. The molecule has 0 unspecified atom stereocenters. The van der Waals surface area contributed by atoms with E-state index in [0.717, 1.165) is 11.1 Å². The molecule has 0 saturated carbocycles. The Morgan fingerprint density at radius 3 is 2.33 bits per heavy atom. The molecule has 0 aromatic heterocycles. The van der Waals surface area contributed by atoms with Crippen molar-refractivity contribution in [1.82, 2.24) is 0 Å². The first-order valence-electron chi connectivity index (χ1n) is 8.52. The zero-order chi connectivity index (χ0) is 19.1. The highest BCUT2D eigenvalue weighted by molar-refractivity contribution is 6.10. The van der Waals surface area contributed by atoms with Crippen LogP contribution in [0.3, 0.4) is 0 Å². The second-order valence-corrected chi connectivity index (χ2v) is 5.90. The number of hydrogen-bond donors (Lipinski definition) is 1. The van der Waals surface area contributed by atoms with Crippen LogP contribution in [0.15, 0.2) is 78.9 Å². The van der Waals surface area contributed by atoms with E-state index < -0.39 is 0 Å². The van der Waals surface area contributed by atoms with E-state index in [1.54, 1.807) is 12.1 Å². The van der Waals surface area contributed by atoms with Crippen LogP contribution in [-0.4, -0.2) is 18.0 Å². The summed E-state index contributed by atoms with van der Waals surface area (Å²) in [4.78, 5) is 12.5. The molecule has 0 aliphatic carbocycles. The molecule has 27 heavy (non-hydrogen) atoms. The molecule has 3 rings (SSSR count). The van der Waals surface area contributed by atoms with Gasteiger partial charge in [-0.3, -0.25) is 4.79 Å². The highest BCUT2D eigenvalue weighted by Crippen LogP contribution is 2.34. The Balaban J connectivity index is 1.79. The average Bonchev–Trinajstić information content (AvgIpc) is 2.71. The Bertz CT molecular complexity index is 931. The van der Waals surface area contributed by atoms with Crippen LogP contribution in [0.1, 0.15) is 21.5 Å². The Kier molecular flexibility index (Phi) is 5.90. The summed E-state index contributed by atoms with van der Waals surface area (Å²) in [6, 6.07) is 22.2. The summed E-state index contributed by atoms with van der Waals surface area (Å²) < 4.78 is 11.0. The molecule has 0 saturated heterocycles. The molecular weight excluding hydrogens is 340 g/mol. The van der Waals surface area contributed by atoms with Crippen molar-refractivity contribution >= 4 is 11.9 Å². The van der Waals surface area contributed by atoms with Crippen molar-refractivity contribution in [2.45, 2.75) is 6.61 Å². The van der Waals surface area contributed by atoms with E-state index in [-0.39, 0.29) is 22.8 Å². The van der Waals surface area contributed by atoms with Crippen molar-refractivity contribution in [2.24, 2.45) is 0 Å². The minimum Gasteiger partial charge on any atom is -0.507 e. The molecule has 0 aliphatic heterocycles. The van der Waals surface area contributed by atoms with E-state index in [1.165, 1.54) is 19.3 Å². The number of ether oxygens (including phenoxy) is 2. The van der Waals surface area contributed by atoms with Crippen molar-refractivity contribution in [2.75, 3.05) is 7.11 Å². The minimum atomic E-state index is -0.345. The number of ketones is 1. The molecule has 0 spiro atoms. The summed E-state index contributed by atoms with van der Waals surface area (Å²) in [6.45, 7) is 0.352. The second-order valence-electron chi connectivity index (χ2n) is 5.90. The zero-order valence-corrected chi connectivity index (χ0v) is 15.0. The molecule has 4 nitrogen and oxygen atoms in total. The van der Waals surface area contributed by atoms with Gasteiger partial charge < -0.3 is 14.6 Å². The normalized spacial score (nSPS) is 10.7. The minimum absolute atomic E-state index is 0.108.